The summed E-state index contributed by atoms with van der Waals surface area (Å²) in [6.45, 7) is 0.698. The summed E-state index contributed by atoms with van der Waals surface area (Å²) in [5.74, 6) is -2.61. The van der Waals surface area contributed by atoms with E-state index in [0.29, 0.717) is 5.56 Å². The van der Waals surface area contributed by atoms with Crippen molar-refractivity contribution in [2.24, 2.45) is 5.73 Å². The summed E-state index contributed by atoms with van der Waals surface area (Å²) in [5, 5.41) is 31.7. The number of amides is 2. The van der Waals surface area contributed by atoms with E-state index < -0.39 is 42.5 Å². The van der Waals surface area contributed by atoms with Gasteiger partial charge in [-0.05, 0) is 24.6 Å². The molecule has 1 aromatic rings. The van der Waals surface area contributed by atoms with Gasteiger partial charge >= 0.3 is 5.97 Å². The van der Waals surface area contributed by atoms with Crippen molar-refractivity contribution in [3.63, 3.8) is 0 Å². The Morgan fingerprint density at radius 1 is 1.12 bits per heavy atom. The van der Waals surface area contributed by atoms with Gasteiger partial charge in [0.25, 0.3) is 0 Å². The molecule has 0 aromatic heterocycles. The maximum atomic E-state index is 12.2. The van der Waals surface area contributed by atoms with Gasteiger partial charge < -0.3 is 31.7 Å². The van der Waals surface area contributed by atoms with E-state index in [1.54, 1.807) is 12.1 Å². The highest BCUT2D eigenvalue weighted by molar-refractivity contribution is 5.91. The zero-order valence-electron chi connectivity index (χ0n) is 13.1. The highest BCUT2D eigenvalue weighted by Gasteiger charge is 2.26. The molecule has 1 aromatic carbocycles. The maximum absolute atomic E-state index is 12.2. The van der Waals surface area contributed by atoms with Crippen molar-refractivity contribution in [3.05, 3.63) is 29.8 Å². The molecule has 24 heavy (non-hydrogen) atoms. The zero-order valence-corrected chi connectivity index (χ0v) is 13.1. The van der Waals surface area contributed by atoms with Crippen LogP contribution in [0.4, 0.5) is 0 Å². The van der Waals surface area contributed by atoms with Crippen LogP contribution in [0, 0.1) is 0 Å². The minimum Gasteiger partial charge on any atom is -0.508 e. The van der Waals surface area contributed by atoms with Gasteiger partial charge in [0.2, 0.25) is 11.8 Å². The Bertz CT molecular complexity index is 589. The van der Waals surface area contributed by atoms with Crippen molar-refractivity contribution >= 4 is 17.8 Å². The van der Waals surface area contributed by atoms with E-state index in [9.17, 15) is 19.5 Å². The van der Waals surface area contributed by atoms with Crippen LogP contribution in [0.25, 0.3) is 0 Å². The van der Waals surface area contributed by atoms with E-state index in [-0.39, 0.29) is 12.2 Å². The van der Waals surface area contributed by atoms with Crippen molar-refractivity contribution in [2.45, 2.75) is 31.5 Å². The van der Waals surface area contributed by atoms with Gasteiger partial charge in [-0.1, -0.05) is 12.1 Å². The first-order valence-corrected chi connectivity index (χ1v) is 7.22. The minimum atomic E-state index is -1.22. The van der Waals surface area contributed by atoms with Gasteiger partial charge in [-0.3, -0.25) is 14.4 Å². The summed E-state index contributed by atoms with van der Waals surface area (Å²) < 4.78 is 0. The summed E-state index contributed by atoms with van der Waals surface area (Å²) in [6.07, 6.45) is 0.0579. The Hall–Kier alpha value is -2.65. The number of nitrogens with two attached hydrogens (primary N) is 1. The van der Waals surface area contributed by atoms with Crippen LogP contribution in [0.5, 0.6) is 5.75 Å². The van der Waals surface area contributed by atoms with E-state index in [2.05, 4.69) is 10.6 Å². The predicted molar refractivity (Wildman–Crippen MR) is 84.0 cm³/mol. The molecule has 0 saturated carbocycles. The molecule has 0 saturated heterocycles. The first-order valence-electron chi connectivity index (χ1n) is 7.22. The van der Waals surface area contributed by atoms with E-state index in [1.165, 1.54) is 19.1 Å². The second kappa shape index (κ2) is 8.85. The molecule has 3 atom stereocenters. The monoisotopic (exact) mass is 339 g/mol. The summed E-state index contributed by atoms with van der Waals surface area (Å²) in [7, 11) is 0. The van der Waals surface area contributed by atoms with Crippen LogP contribution in [0.1, 0.15) is 12.5 Å². The number of carboxylic acid groups (broad SMARTS) is 1. The maximum Gasteiger partial charge on any atom is 0.325 e. The zero-order chi connectivity index (χ0) is 18.3. The Morgan fingerprint density at radius 3 is 2.21 bits per heavy atom. The molecule has 1 rings (SSSR count). The van der Waals surface area contributed by atoms with E-state index in [0.717, 1.165) is 0 Å². The number of hydrogen-bond acceptors (Lipinski definition) is 6. The SMILES string of the molecule is C[C@H](NC(=O)[C@H](Cc1ccc(O)cc1)NC(=O)[C@@H](N)CO)C(=O)O. The molecule has 0 fully saturated rings. The number of carbonyl (C=O) groups is 3. The summed E-state index contributed by atoms with van der Waals surface area (Å²) in [5.41, 5.74) is 6.04. The molecule has 0 spiro atoms. The standard InChI is InChI=1S/C15H21N3O6/c1-8(15(23)24)17-14(22)12(18-13(21)11(16)7-19)6-9-2-4-10(20)5-3-9/h2-5,8,11-12,19-20H,6-7,16H2,1H3,(H,17,22)(H,18,21)(H,23,24)/t8-,11-,12-/m0/s1. The minimum absolute atomic E-state index is 0.0468. The van der Waals surface area contributed by atoms with Gasteiger partial charge in [-0.25, -0.2) is 0 Å². The van der Waals surface area contributed by atoms with Gasteiger partial charge in [0.15, 0.2) is 0 Å². The molecule has 0 unspecified atom stereocenters. The number of aliphatic hydroxyl groups is 1. The fourth-order valence-electron chi connectivity index (χ4n) is 1.81. The number of carbonyl (C=O) groups excluding carboxylic acids is 2. The lowest BCUT2D eigenvalue weighted by Gasteiger charge is -2.21. The fourth-order valence-corrected chi connectivity index (χ4v) is 1.81. The Balaban J connectivity index is 2.89. The molecule has 0 bridgehead atoms. The molecule has 132 valence electrons. The number of phenolic OH excluding ortho intramolecular Hbond substituents is 1. The molecule has 0 aliphatic carbocycles. The van der Waals surface area contributed by atoms with Crippen LogP contribution in [0.3, 0.4) is 0 Å². The van der Waals surface area contributed by atoms with Gasteiger partial charge in [0.1, 0.15) is 23.9 Å². The second-order valence-corrected chi connectivity index (χ2v) is 5.29. The molecular formula is C15H21N3O6. The van der Waals surface area contributed by atoms with Crippen molar-refractivity contribution in [1.82, 2.24) is 10.6 Å². The van der Waals surface area contributed by atoms with Crippen molar-refractivity contribution in [3.8, 4) is 5.75 Å². The van der Waals surface area contributed by atoms with Crippen molar-refractivity contribution in [1.29, 1.82) is 0 Å². The fraction of sp³-hybridized carbons (Fsp3) is 0.400. The third-order valence-electron chi connectivity index (χ3n) is 3.27. The molecule has 2 amide bonds. The molecule has 0 radical (unpaired) electrons. The highest BCUT2D eigenvalue weighted by atomic mass is 16.4. The quantitative estimate of drug-likeness (QED) is 0.330. The summed E-state index contributed by atoms with van der Waals surface area (Å²) >= 11 is 0. The molecule has 7 N–H and O–H groups in total. The van der Waals surface area contributed by atoms with Crippen LogP contribution in [-0.4, -0.2) is 57.8 Å². The van der Waals surface area contributed by atoms with Gasteiger partial charge in [0, 0.05) is 6.42 Å². The smallest absolute Gasteiger partial charge is 0.325 e. The Kier molecular flexibility index (Phi) is 7.15. The summed E-state index contributed by atoms with van der Waals surface area (Å²) in [4.78, 5) is 34.9. The van der Waals surface area contributed by atoms with Crippen LogP contribution in [-0.2, 0) is 20.8 Å². The molecule has 0 heterocycles. The molecular weight excluding hydrogens is 318 g/mol. The number of rotatable bonds is 8. The number of carboxylic acids is 1. The van der Waals surface area contributed by atoms with Gasteiger partial charge in [0.05, 0.1) is 6.61 Å². The van der Waals surface area contributed by atoms with E-state index in [4.69, 9.17) is 15.9 Å². The average molecular weight is 339 g/mol. The lowest BCUT2D eigenvalue weighted by atomic mass is 10.0. The van der Waals surface area contributed by atoms with Crippen molar-refractivity contribution in [2.75, 3.05) is 6.61 Å². The molecule has 9 heteroatoms. The topological polar surface area (TPSA) is 162 Å². The third-order valence-corrected chi connectivity index (χ3v) is 3.27. The van der Waals surface area contributed by atoms with E-state index >= 15 is 0 Å². The van der Waals surface area contributed by atoms with E-state index in [1.807, 2.05) is 0 Å². The first kappa shape index (κ1) is 19.4. The van der Waals surface area contributed by atoms with Crippen LogP contribution >= 0.6 is 0 Å². The predicted octanol–water partition coefficient (Wildman–Crippen LogP) is -1.67. The number of benzene rings is 1. The molecule has 0 aliphatic heterocycles. The van der Waals surface area contributed by atoms with Crippen LogP contribution in [0.15, 0.2) is 24.3 Å². The Labute approximate surface area is 138 Å². The van der Waals surface area contributed by atoms with Crippen molar-refractivity contribution < 1.29 is 29.7 Å². The Morgan fingerprint density at radius 2 is 1.71 bits per heavy atom. The number of hydrogen-bond donors (Lipinski definition) is 6. The molecule has 0 aliphatic rings. The summed E-state index contributed by atoms with van der Waals surface area (Å²) in [6, 6.07) is 2.56. The second-order valence-electron chi connectivity index (χ2n) is 5.29. The highest BCUT2D eigenvalue weighted by Crippen LogP contribution is 2.11. The number of aliphatic hydroxyl groups excluding tert-OH is 1. The van der Waals surface area contributed by atoms with Gasteiger partial charge in [-0.2, -0.15) is 0 Å². The number of aliphatic carboxylic acids is 1. The average Bonchev–Trinajstić information content (AvgIpc) is 2.54. The lowest BCUT2D eigenvalue weighted by molar-refractivity contribution is -0.141. The normalized spacial score (nSPS) is 14.3. The number of aromatic hydroxyl groups is 1. The lowest BCUT2D eigenvalue weighted by Crippen LogP contribution is -2.55. The number of nitrogens with one attached hydrogen (secondary N) is 2. The van der Waals surface area contributed by atoms with Gasteiger partial charge in [-0.15, -0.1) is 0 Å². The van der Waals surface area contributed by atoms with Crippen LogP contribution in [0.2, 0.25) is 0 Å². The molecule has 9 nitrogen and oxygen atoms in total. The number of phenols is 1. The third kappa shape index (κ3) is 5.86. The van der Waals surface area contributed by atoms with Crippen LogP contribution < -0.4 is 16.4 Å². The largest absolute Gasteiger partial charge is 0.508 e. The first-order chi connectivity index (χ1) is 11.2.